The first-order chi connectivity index (χ1) is 12.6. The molecule has 130 valence electrons. The van der Waals surface area contributed by atoms with E-state index in [0.717, 1.165) is 10.1 Å². The topological polar surface area (TPSA) is 100 Å². The summed E-state index contributed by atoms with van der Waals surface area (Å²) in [6, 6.07) is 16.1. The number of hydrogen-bond acceptors (Lipinski definition) is 4. The number of primary amides is 1. The smallest absolute Gasteiger partial charge is 0.332 e. The molecule has 0 aliphatic rings. The van der Waals surface area contributed by atoms with Crippen molar-refractivity contribution in [3.63, 3.8) is 0 Å². The molecule has 0 unspecified atom stereocenters. The highest BCUT2D eigenvalue weighted by Crippen LogP contribution is 2.25. The summed E-state index contributed by atoms with van der Waals surface area (Å²) in [5.41, 5.74) is 5.76. The van der Waals surface area contributed by atoms with Crippen molar-refractivity contribution in [3.8, 4) is 0 Å². The lowest BCUT2D eigenvalue weighted by Gasteiger charge is -2.10. The second-order valence-electron chi connectivity index (χ2n) is 5.99. The molecular weight excluding hydrogens is 334 g/mol. The molecule has 2 aromatic heterocycles. The van der Waals surface area contributed by atoms with E-state index >= 15 is 0 Å². The number of amides is 1. The Balaban J connectivity index is 2.07. The lowest BCUT2D eigenvalue weighted by molar-refractivity contribution is -0.118. The van der Waals surface area contributed by atoms with Gasteiger partial charge in [0, 0.05) is 5.39 Å². The number of aromatic nitrogens is 2. The number of benzene rings is 2. The van der Waals surface area contributed by atoms with Crippen molar-refractivity contribution in [2.75, 3.05) is 0 Å². The maximum Gasteiger partial charge on any atom is 0.332 e. The number of furan rings is 1. The minimum Gasteiger partial charge on any atom is -0.449 e. The molecule has 7 nitrogen and oxygen atoms in total. The number of nitrogens with zero attached hydrogens (tertiary/aromatic N) is 2. The molecule has 4 rings (SSSR count). The maximum atomic E-state index is 13.0. The van der Waals surface area contributed by atoms with Crippen molar-refractivity contribution in [2.45, 2.75) is 13.1 Å². The molecule has 0 spiro atoms. The number of nitrogens with two attached hydrogens (primary N) is 1. The van der Waals surface area contributed by atoms with Gasteiger partial charge in [-0.1, -0.05) is 42.5 Å². The Morgan fingerprint density at radius 2 is 1.65 bits per heavy atom. The molecule has 0 saturated heterocycles. The van der Waals surface area contributed by atoms with Gasteiger partial charge in [0.15, 0.2) is 0 Å². The van der Waals surface area contributed by atoms with Crippen LogP contribution in [0.25, 0.3) is 22.1 Å². The zero-order chi connectivity index (χ0) is 18.3. The second-order valence-corrected chi connectivity index (χ2v) is 5.99. The van der Waals surface area contributed by atoms with Gasteiger partial charge < -0.3 is 10.2 Å². The average molecular weight is 349 g/mol. The van der Waals surface area contributed by atoms with Crippen molar-refractivity contribution < 1.29 is 9.21 Å². The number of rotatable bonds is 4. The Hall–Kier alpha value is -3.61. The van der Waals surface area contributed by atoms with Crippen LogP contribution in [0.3, 0.4) is 0 Å². The predicted molar refractivity (Wildman–Crippen MR) is 97.0 cm³/mol. The van der Waals surface area contributed by atoms with E-state index in [9.17, 15) is 14.4 Å². The van der Waals surface area contributed by atoms with Crippen LogP contribution in [0, 0.1) is 0 Å². The van der Waals surface area contributed by atoms with E-state index < -0.39 is 17.2 Å². The number of carbonyl (C=O) groups is 1. The molecule has 2 heterocycles. The Bertz CT molecular complexity index is 1250. The Kier molecular flexibility index (Phi) is 3.69. The van der Waals surface area contributed by atoms with Gasteiger partial charge in [0.05, 0.1) is 6.54 Å². The molecule has 0 aliphatic heterocycles. The predicted octanol–water partition coefficient (Wildman–Crippen LogP) is 1.44. The van der Waals surface area contributed by atoms with Gasteiger partial charge in [-0.25, -0.2) is 4.79 Å². The van der Waals surface area contributed by atoms with Crippen LogP contribution in [0.2, 0.25) is 0 Å². The van der Waals surface area contributed by atoms with Crippen LogP contribution in [-0.2, 0) is 17.9 Å². The molecule has 2 aromatic carbocycles. The van der Waals surface area contributed by atoms with Gasteiger partial charge in [0.1, 0.15) is 17.6 Å². The first-order valence-electron chi connectivity index (χ1n) is 8.03. The first-order valence-corrected chi connectivity index (χ1v) is 8.03. The molecule has 2 N–H and O–H groups in total. The molecule has 4 aromatic rings. The minimum absolute atomic E-state index is 0.0305. The van der Waals surface area contributed by atoms with Crippen molar-refractivity contribution in [2.24, 2.45) is 5.73 Å². The van der Waals surface area contributed by atoms with Crippen molar-refractivity contribution in [1.82, 2.24) is 9.13 Å². The summed E-state index contributed by atoms with van der Waals surface area (Å²) in [5.74, 6) is -0.677. The molecule has 7 heteroatoms. The fourth-order valence-corrected chi connectivity index (χ4v) is 3.10. The zero-order valence-electron chi connectivity index (χ0n) is 13.7. The number of fused-ring (bicyclic) bond motifs is 3. The molecule has 1 amide bonds. The van der Waals surface area contributed by atoms with Gasteiger partial charge in [-0.2, -0.15) is 0 Å². The second kappa shape index (κ2) is 6.03. The molecule has 0 bridgehead atoms. The van der Waals surface area contributed by atoms with E-state index in [-0.39, 0.29) is 18.7 Å². The van der Waals surface area contributed by atoms with E-state index in [1.807, 2.05) is 30.3 Å². The standard InChI is InChI=1S/C19H15N3O4/c20-15(23)11-21-16-13-8-4-5-9-14(13)26-17(16)18(24)22(19(21)25)10-12-6-2-1-3-7-12/h1-9H,10-11H2,(H2,20,23). The molecule has 0 atom stereocenters. The monoisotopic (exact) mass is 349 g/mol. The highest BCUT2D eigenvalue weighted by Gasteiger charge is 2.20. The van der Waals surface area contributed by atoms with Gasteiger partial charge in [-0.15, -0.1) is 0 Å². The number of hydrogen-bond donors (Lipinski definition) is 1. The summed E-state index contributed by atoms with van der Waals surface area (Å²) in [5, 5.41) is 0.588. The van der Waals surface area contributed by atoms with Crippen molar-refractivity contribution in [1.29, 1.82) is 0 Å². The first kappa shape index (κ1) is 15.9. The lowest BCUT2D eigenvalue weighted by atomic mass is 10.2. The minimum atomic E-state index is -0.677. The lowest BCUT2D eigenvalue weighted by Crippen LogP contribution is -2.41. The molecule has 0 aliphatic carbocycles. The summed E-state index contributed by atoms with van der Waals surface area (Å²) < 4.78 is 7.95. The van der Waals surface area contributed by atoms with E-state index in [0.29, 0.717) is 16.5 Å². The van der Waals surface area contributed by atoms with Crippen molar-refractivity contribution >= 4 is 28.0 Å². The molecule has 0 radical (unpaired) electrons. The Morgan fingerprint density at radius 1 is 0.962 bits per heavy atom. The van der Waals surface area contributed by atoms with Gasteiger partial charge in [-0.3, -0.25) is 18.7 Å². The van der Waals surface area contributed by atoms with Crippen LogP contribution in [0.5, 0.6) is 0 Å². The Morgan fingerprint density at radius 3 is 2.38 bits per heavy atom. The van der Waals surface area contributed by atoms with E-state index in [1.165, 1.54) is 4.57 Å². The third-order valence-corrected chi connectivity index (χ3v) is 4.24. The largest absolute Gasteiger partial charge is 0.449 e. The Labute approximate surface area is 146 Å². The third kappa shape index (κ3) is 2.50. The van der Waals surface area contributed by atoms with Gasteiger partial charge in [0.25, 0.3) is 5.56 Å². The molecular formula is C19H15N3O4. The fraction of sp³-hybridized carbons (Fsp3) is 0.105. The number of para-hydroxylation sites is 1. The van der Waals surface area contributed by atoms with Crippen LogP contribution in [-0.4, -0.2) is 15.0 Å². The van der Waals surface area contributed by atoms with E-state index in [2.05, 4.69) is 0 Å². The van der Waals surface area contributed by atoms with Crippen LogP contribution < -0.4 is 17.0 Å². The summed E-state index contributed by atoms with van der Waals surface area (Å²) in [6.07, 6.45) is 0. The maximum absolute atomic E-state index is 13.0. The van der Waals surface area contributed by atoms with Gasteiger partial charge >= 0.3 is 5.69 Å². The highest BCUT2D eigenvalue weighted by atomic mass is 16.3. The highest BCUT2D eigenvalue weighted by molar-refractivity contribution is 6.02. The van der Waals surface area contributed by atoms with Crippen LogP contribution in [0.1, 0.15) is 5.56 Å². The quantitative estimate of drug-likeness (QED) is 0.602. The fourth-order valence-electron chi connectivity index (χ4n) is 3.10. The van der Waals surface area contributed by atoms with Gasteiger partial charge in [-0.05, 0) is 17.7 Å². The molecule has 26 heavy (non-hydrogen) atoms. The van der Waals surface area contributed by atoms with E-state index in [1.54, 1.807) is 24.3 Å². The molecule has 0 saturated carbocycles. The average Bonchev–Trinajstić information content (AvgIpc) is 3.03. The van der Waals surface area contributed by atoms with Crippen molar-refractivity contribution in [3.05, 3.63) is 81.0 Å². The SMILES string of the molecule is NC(=O)Cn1c(=O)n(Cc2ccccc2)c(=O)c2oc3ccccc3c21. The third-order valence-electron chi connectivity index (χ3n) is 4.24. The van der Waals surface area contributed by atoms with Crippen LogP contribution in [0.4, 0.5) is 0 Å². The van der Waals surface area contributed by atoms with Crippen LogP contribution >= 0.6 is 0 Å². The summed E-state index contributed by atoms with van der Waals surface area (Å²) >= 11 is 0. The molecule has 0 fully saturated rings. The summed E-state index contributed by atoms with van der Waals surface area (Å²) in [4.78, 5) is 37.4. The number of carbonyl (C=O) groups excluding carboxylic acids is 1. The summed E-state index contributed by atoms with van der Waals surface area (Å²) in [7, 11) is 0. The normalized spacial score (nSPS) is 11.2. The summed E-state index contributed by atoms with van der Waals surface area (Å²) in [6.45, 7) is -0.266. The van der Waals surface area contributed by atoms with Crippen LogP contribution in [0.15, 0.2) is 68.6 Å². The van der Waals surface area contributed by atoms with Gasteiger partial charge in [0.2, 0.25) is 11.5 Å². The zero-order valence-corrected chi connectivity index (χ0v) is 13.7. The van der Waals surface area contributed by atoms with E-state index in [4.69, 9.17) is 10.2 Å².